The van der Waals surface area contributed by atoms with E-state index in [1.54, 1.807) is 13.0 Å². The van der Waals surface area contributed by atoms with Gasteiger partial charge in [0.15, 0.2) is 11.0 Å². The Morgan fingerprint density at radius 2 is 2.22 bits per heavy atom. The number of H-pyrrole nitrogens is 1. The molecule has 0 radical (unpaired) electrons. The van der Waals surface area contributed by atoms with E-state index < -0.39 is 0 Å². The summed E-state index contributed by atoms with van der Waals surface area (Å²) in [6.45, 7) is 8.12. The maximum atomic E-state index is 12.6. The fourth-order valence-corrected chi connectivity index (χ4v) is 4.47. The first-order valence-electron chi connectivity index (χ1n) is 8.75. The van der Waals surface area contributed by atoms with Crippen LogP contribution in [0.5, 0.6) is 0 Å². The van der Waals surface area contributed by atoms with Crippen molar-refractivity contribution in [2.45, 2.75) is 45.7 Å². The van der Waals surface area contributed by atoms with Crippen molar-refractivity contribution in [2.24, 2.45) is 5.92 Å². The van der Waals surface area contributed by atoms with Gasteiger partial charge in [-0.05, 0) is 31.7 Å². The van der Waals surface area contributed by atoms with E-state index >= 15 is 0 Å². The lowest BCUT2D eigenvalue weighted by molar-refractivity contribution is -0.113. The zero-order chi connectivity index (χ0) is 19.6. The van der Waals surface area contributed by atoms with Gasteiger partial charge in [-0.3, -0.25) is 9.59 Å². The summed E-state index contributed by atoms with van der Waals surface area (Å²) in [6.07, 6.45) is 1.94. The molecular weight excluding hydrogens is 384 g/mol. The number of amides is 1. The second-order valence-corrected chi connectivity index (χ2v) is 8.73. The molecule has 0 saturated carbocycles. The molecule has 9 heteroatoms. The van der Waals surface area contributed by atoms with Gasteiger partial charge in [0.05, 0.1) is 11.1 Å². The summed E-state index contributed by atoms with van der Waals surface area (Å²) in [5.41, 5.74) is 0.950. The summed E-state index contributed by atoms with van der Waals surface area (Å²) < 4.78 is 4.91. The average molecular weight is 407 g/mol. The van der Waals surface area contributed by atoms with Crippen molar-refractivity contribution >= 4 is 45.0 Å². The molecule has 1 unspecified atom stereocenters. The molecule has 27 heavy (non-hydrogen) atoms. The van der Waals surface area contributed by atoms with Gasteiger partial charge in [-0.25, -0.2) is 4.98 Å². The largest absolute Gasteiger partial charge is 0.360 e. The van der Waals surface area contributed by atoms with Crippen LogP contribution in [-0.4, -0.2) is 26.8 Å². The van der Waals surface area contributed by atoms with E-state index in [-0.39, 0.29) is 17.2 Å². The first-order valence-corrected chi connectivity index (χ1v) is 10.6. The summed E-state index contributed by atoms with van der Waals surface area (Å²) >= 11 is 2.72. The summed E-state index contributed by atoms with van der Waals surface area (Å²) in [6, 6.07) is 1.64. The van der Waals surface area contributed by atoms with Crippen LogP contribution in [0.3, 0.4) is 0 Å². The fraction of sp³-hybridized carbons (Fsp3) is 0.444. The summed E-state index contributed by atoms with van der Waals surface area (Å²) in [5, 5.41) is 7.49. The molecule has 1 amide bonds. The number of aromatic amines is 1. The van der Waals surface area contributed by atoms with Gasteiger partial charge >= 0.3 is 0 Å². The van der Waals surface area contributed by atoms with Gasteiger partial charge in [0.1, 0.15) is 10.6 Å². The highest BCUT2D eigenvalue weighted by Gasteiger charge is 2.17. The zero-order valence-corrected chi connectivity index (χ0v) is 17.3. The van der Waals surface area contributed by atoms with Crippen molar-refractivity contribution in [2.75, 3.05) is 11.1 Å². The predicted octanol–water partition coefficient (Wildman–Crippen LogP) is 3.91. The van der Waals surface area contributed by atoms with Crippen LogP contribution in [0, 0.1) is 19.8 Å². The molecule has 144 valence electrons. The number of aromatic nitrogens is 3. The van der Waals surface area contributed by atoms with Gasteiger partial charge < -0.3 is 14.8 Å². The van der Waals surface area contributed by atoms with E-state index in [0.717, 1.165) is 28.1 Å². The third kappa shape index (κ3) is 4.59. The highest BCUT2D eigenvalue weighted by atomic mass is 32.2. The predicted molar refractivity (Wildman–Crippen MR) is 109 cm³/mol. The molecule has 1 atom stereocenters. The van der Waals surface area contributed by atoms with Crippen LogP contribution in [0.2, 0.25) is 0 Å². The average Bonchev–Trinajstić information content (AvgIpc) is 3.16. The van der Waals surface area contributed by atoms with Crippen molar-refractivity contribution in [1.29, 1.82) is 0 Å². The lowest BCUT2D eigenvalue weighted by Crippen LogP contribution is -2.16. The molecule has 7 nitrogen and oxygen atoms in total. The van der Waals surface area contributed by atoms with Crippen molar-refractivity contribution in [1.82, 2.24) is 15.1 Å². The Labute approximate surface area is 164 Å². The number of aryl methyl sites for hydroxylation is 2. The van der Waals surface area contributed by atoms with Gasteiger partial charge in [-0.15, -0.1) is 11.3 Å². The number of nitrogens with zero attached hydrogens (tertiary/aromatic N) is 2. The number of hydrogen-bond acceptors (Lipinski definition) is 7. The Hall–Kier alpha value is -2.13. The first kappa shape index (κ1) is 19.6. The van der Waals surface area contributed by atoms with E-state index in [2.05, 4.69) is 34.3 Å². The molecule has 2 N–H and O–H groups in total. The van der Waals surface area contributed by atoms with Crippen LogP contribution < -0.4 is 10.9 Å². The Balaban J connectivity index is 1.74. The van der Waals surface area contributed by atoms with Gasteiger partial charge in [-0.2, -0.15) is 0 Å². The number of anilines is 1. The standard InChI is InChI=1S/C18H22N4O3S2/c1-5-9(2)6-12-11(4)27-17-15(12)16(24)20-18(21-17)26-8-14(23)19-13-7-10(3)25-22-13/h7,9H,5-6,8H2,1-4H3,(H,19,22,23)(H,20,21,24). The molecule has 3 rings (SSSR count). The second-order valence-electron chi connectivity index (χ2n) is 6.57. The molecule has 0 fully saturated rings. The van der Waals surface area contributed by atoms with Crippen LogP contribution in [0.4, 0.5) is 5.82 Å². The monoisotopic (exact) mass is 406 g/mol. The number of carbonyl (C=O) groups excluding carboxylic acids is 1. The highest BCUT2D eigenvalue weighted by Crippen LogP contribution is 2.30. The Bertz CT molecular complexity index is 1020. The van der Waals surface area contributed by atoms with E-state index in [4.69, 9.17) is 4.52 Å². The number of hydrogen-bond donors (Lipinski definition) is 2. The van der Waals surface area contributed by atoms with E-state index in [1.807, 2.05) is 6.92 Å². The summed E-state index contributed by atoms with van der Waals surface area (Å²) in [7, 11) is 0. The lowest BCUT2D eigenvalue weighted by Gasteiger charge is -2.08. The zero-order valence-electron chi connectivity index (χ0n) is 15.7. The minimum atomic E-state index is -0.240. The molecule has 0 bridgehead atoms. The second kappa shape index (κ2) is 8.26. The lowest BCUT2D eigenvalue weighted by atomic mass is 9.98. The van der Waals surface area contributed by atoms with Gasteiger partial charge in [0.2, 0.25) is 5.91 Å². The fourth-order valence-electron chi connectivity index (χ4n) is 2.70. The van der Waals surface area contributed by atoms with Gasteiger partial charge in [0, 0.05) is 10.9 Å². The van der Waals surface area contributed by atoms with Crippen LogP contribution in [0.15, 0.2) is 20.5 Å². The maximum absolute atomic E-state index is 12.6. The molecule has 0 aliphatic carbocycles. The molecule has 0 aromatic carbocycles. The van der Waals surface area contributed by atoms with E-state index in [9.17, 15) is 9.59 Å². The number of rotatable bonds is 7. The molecule has 0 spiro atoms. The Morgan fingerprint density at radius 1 is 1.44 bits per heavy atom. The molecule has 3 heterocycles. The third-order valence-electron chi connectivity index (χ3n) is 4.33. The maximum Gasteiger partial charge on any atom is 0.260 e. The van der Waals surface area contributed by atoms with Crippen LogP contribution in [0.1, 0.15) is 36.5 Å². The summed E-state index contributed by atoms with van der Waals surface area (Å²) in [4.78, 5) is 33.9. The molecule has 0 aliphatic rings. The molecular formula is C18H22N4O3S2. The van der Waals surface area contributed by atoms with Crippen molar-refractivity contribution in [3.63, 3.8) is 0 Å². The first-order chi connectivity index (χ1) is 12.9. The minimum Gasteiger partial charge on any atom is -0.360 e. The number of fused-ring (bicyclic) bond motifs is 1. The Kier molecular flexibility index (Phi) is 6.01. The van der Waals surface area contributed by atoms with Gasteiger partial charge in [0.25, 0.3) is 5.56 Å². The molecule has 3 aromatic heterocycles. The van der Waals surface area contributed by atoms with Crippen molar-refractivity contribution in [3.05, 3.63) is 32.6 Å². The van der Waals surface area contributed by atoms with Crippen LogP contribution >= 0.6 is 23.1 Å². The molecule has 0 saturated heterocycles. The quantitative estimate of drug-likeness (QED) is 0.456. The number of carbonyl (C=O) groups is 1. The summed E-state index contributed by atoms with van der Waals surface area (Å²) in [5.74, 6) is 1.38. The highest BCUT2D eigenvalue weighted by molar-refractivity contribution is 7.99. The number of thiophene rings is 1. The van der Waals surface area contributed by atoms with Crippen molar-refractivity contribution < 1.29 is 9.32 Å². The van der Waals surface area contributed by atoms with Crippen LogP contribution in [-0.2, 0) is 11.2 Å². The normalized spacial score (nSPS) is 12.4. The minimum absolute atomic E-state index is 0.116. The third-order valence-corrected chi connectivity index (χ3v) is 6.24. The molecule has 3 aromatic rings. The Morgan fingerprint density at radius 3 is 2.89 bits per heavy atom. The van der Waals surface area contributed by atoms with E-state index in [1.165, 1.54) is 23.1 Å². The van der Waals surface area contributed by atoms with Crippen LogP contribution in [0.25, 0.3) is 10.2 Å². The SMILES string of the molecule is CCC(C)Cc1c(C)sc2nc(SCC(=O)Nc3cc(C)on3)[nH]c(=O)c12. The topological polar surface area (TPSA) is 101 Å². The number of thioether (sulfide) groups is 1. The van der Waals surface area contributed by atoms with E-state index in [0.29, 0.717) is 28.0 Å². The number of nitrogens with one attached hydrogen (secondary N) is 2. The smallest absolute Gasteiger partial charge is 0.260 e. The van der Waals surface area contributed by atoms with Crippen molar-refractivity contribution in [3.8, 4) is 0 Å². The van der Waals surface area contributed by atoms with Gasteiger partial charge in [-0.1, -0.05) is 37.2 Å². The molecule has 0 aliphatic heterocycles.